The first-order valence-electron chi connectivity index (χ1n) is 7.28. The van der Waals surface area contributed by atoms with Gasteiger partial charge in [0.25, 0.3) is 0 Å². The van der Waals surface area contributed by atoms with Crippen molar-refractivity contribution in [3.8, 4) is 5.75 Å². The Bertz CT molecular complexity index is 573. The molecule has 4 rings (SSSR count). The third-order valence-corrected chi connectivity index (χ3v) is 5.37. The molecule has 3 aliphatic carbocycles. The number of rotatable bonds is 0. The highest BCUT2D eigenvalue weighted by Gasteiger charge is 2.46. The fraction of sp³-hybridized carbons (Fsp3) is 0.471. The number of allylic oxidation sites excluding steroid dienone is 1. The van der Waals surface area contributed by atoms with E-state index in [1.165, 1.54) is 5.56 Å². The predicted molar refractivity (Wildman–Crippen MR) is 73.8 cm³/mol. The number of carbonyl (C=O) groups excluding carboxylic acids is 1. The first-order valence-corrected chi connectivity index (χ1v) is 7.28. The summed E-state index contributed by atoms with van der Waals surface area (Å²) in [5.41, 5.74) is 2.52. The first kappa shape index (κ1) is 11.3. The van der Waals surface area contributed by atoms with Crippen LogP contribution in [0.15, 0.2) is 24.3 Å². The molecule has 2 nitrogen and oxygen atoms in total. The van der Waals surface area contributed by atoms with Gasteiger partial charge in [0.15, 0.2) is 0 Å². The third-order valence-electron chi connectivity index (χ3n) is 5.37. The molecule has 0 spiro atoms. The van der Waals surface area contributed by atoms with Crippen LogP contribution in [-0.4, -0.2) is 10.9 Å². The molecule has 4 atom stereocenters. The zero-order valence-corrected chi connectivity index (χ0v) is 10.9. The molecule has 2 heteroatoms. The van der Waals surface area contributed by atoms with Crippen molar-refractivity contribution < 1.29 is 9.90 Å². The molecule has 0 amide bonds. The van der Waals surface area contributed by atoms with Gasteiger partial charge in [-0.05, 0) is 60.3 Å². The summed E-state index contributed by atoms with van der Waals surface area (Å²) >= 11 is 0. The van der Waals surface area contributed by atoms with Crippen molar-refractivity contribution in [2.24, 2.45) is 17.8 Å². The molecule has 0 aromatic heterocycles. The van der Waals surface area contributed by atoms with Crippen molar-refractivity contribution in [2.45, 2.75) is 31.6 Å². The van der Waals surface area contributed by atoms with Crippen molar-refractivity contribution in [2.75, 3.05) is 0 Å². The molecule has 4 unspecified atom stereocenters. The van der Waals surface area contributed by atoms with Gasteiger partial charge in [-0.3, -0.25) is 4.79 Å². The van der Waals surface area contributed by atoms with E-state index in [1.807, 2.05) is 6.07 Å². The minimum atomic E-state index is 0.324. The smallest absolute Gasteiger partial charge is 0.136 e. The van der Waals surface area contributed by atoms with Crippen LogP contribution in [-0.2, 0) is 4.79 Å². The van der Waals surface area contributed by atoms with Crippen molar-refractivity contribution in [1.29, 1.82) is 0 Å². The van der Waals surface area contributed by atoms with Gasteiger partial charge in [0.1, 0.15) is 11.5 Å². The Morgan fingerprint density at radius 1 is 1.11 bits per heavy atom. The fourth-order valence-electron chi connectivity index (χ4n) is 4.52. The predicted octanol–water partition coefficient (Wildman–Crippen LogP) is 3.51. The van der Waals surface area contributed by atoms with Gasteiger partial charge in [-0.15, -0.1) is 0 Å². The number of phenolic OH excluding ortho intramolecular Hbond substituents is 1. The Labute approximate surface area is 113 Å². The molecule has 2 fully saturated rings. The monoisotopic (exact) mass is 254 g/mol. The summed E-state index contributed by atoms with van der Waals surface area (Å²) in [7, 11) is 0. The molecule has 1 aromatic carbocycles. The number of Topliss-reactive ketones (excluding diaryl/α,β-unsaturated/α-hetero) is 1. The molecule has 19 heavy (non-hydrogen) atoms. The molecule has 1 N–H and O–H groups in total. The Morgan fingerprint density at radius 2 is 1.95 bits per heavy atom. The third kappa shape index (κ3) is 1.59. The van der Waals surface area contributed by atoms with E-state index in [1.54, 1.807) is 6.07 Å². The fourth-order valence-corrected chi connectivity index (χ4v) is 4.52. The van der Waals surface area contributed by atoms with Crippen molar-refractivity contribution in [3.05, 3.63) is 35.4 Å². The maximum atomic E-state index is 11.9. The van der Waals surface area contributed by atoms with Crippen LogP contribution in [0.25, 0.3) is 6.08 Å². The van der Waals surface area contributed by atoms with Gasteiger partial charge in [0.2, 0.25) is 0 Å². The second-order valence-electron chi connectivity index (χ2n) is 6.21. The molecule has 1 aromatic rings. The van der Waals surface area contributed by atoms with Crippen LogP contribution in [0.4, 0.5) is 0 Å². The number of carbonyl (C=O) groups is 1. The van der Waals surface area contributed by atoms with Gasteiger partial charge in [-0.1, -0.05) is 18.2 Å². The number of phenols is 1. The zero-order valence-electron chi connectivity index (χ0n) is 10.9. The molecule has 2 saturated carbocycles. The van der Waals surface area contributed by atoms with E-state index >= 15 is 0 Å². The lowest BCUT2D eigenvalue weighted by molar-refractivity contribution is -0.122. The Hall–Kier alpha value is -1.57. The number of fused-ring (bicyclic) bond motifs is 5. The summed E-state index contributed by atoms with van der Waals surface area (Å²) in [6, 6.07) is 5.72. The molecule has 0 radical (unpaired) electrons. The summed E-state index contributed by atoms with van der Waals surface area (Å²) in [6.07, 6.45) is 8.46. The van der Waals surface area contributed by atoms with Gasteiger partial charge in [-0.2, -0.15) is 0 Å². The number of benzene rings is 1. The second-order valence-corrected chi connectivity index (χ2v) is 6.21. The van der Waals surface area contributed by atoms with Crippen molar-refractivity contribution in [1.82, 2.24) is 0 Å². The number of hydrogen-bond donors (Lipinski definition) is 1. The second kappa shape index (κ2) is 3.96. The van der Waals surface area contributed by atoms with Gasteiger partial charge < -0.3 is 5.11 Å². The summed E-state index contributed by atoms with van der Waals surface area (Å²) < 4.78 is 0. The Kier molecular flexibility index (Phi) is 2.35. The summed E-state index contributed by atoms with van der Waals surface area (Å²) in [4.78, 5) is 11.9. The van der Waals surface area contributed by atoms with Crippen molar-refractivity contribution in [3.63, 3.8) is 0 Å². The molecular formula is C17H18O2. The Morgan fingerprint density at radius 3 is 2.84 bits per heavy atom. The van der Waals surface area contributed by atoms with Crippen LogP contribution < -0.4 is 0 Å². The van der Waals surface area contributed by atoms with Crippen LogP contribution in [0.2, 0.25) is 0 Å². The van der Waals surface area contributed by atoms with Crippen LogP contribution in [0.5, 0.6) is 5.75 Å². The lowest BCUT2D eigenvalue weighted by atomic mass is 9.63. The van der Waals surface area contributed by atoms with E-state index in [0.717, 1.165) is 31.2 Å². The van der Waals surface area contributed by atoms with Crippen LogP contribution >= 0.6 is 0 Å². The normalized spacial score (nSPS) is 35.7. The highest BCUT2D eigenvalue weighted by atomic mass is 16.3. The largest absolute Gasteiger partial charge is 0.508 e. The number of aromatic hydroxyl groups is 1. The molecule has 3 aliphatic rings. The lowest BCUT2D eigenvalue weighted by Crippen LogP contribution is -2.33. The van der Waals surface area contributed by atoms with Crippen LogP contribution in [0.3, 0.4) is 0 Å². The van der Waals surface area contributed by atoms with Crippen molar-refractivity contribution >= 4 is 11.9 Å². The standard InChI is InChI=1S/C17H18O2/c18-11-2-4-12-10(9-11)1-3-14-13(12)5-6-16-15(14)7-8-17(16)19/h1-4,9,13-16,18H,5-8H2. The van der Waals surface area contributed by atoms with Gasteiger partial charge >= 0.3 is 0 Å². The van der Waals surface area contributed by atoms with E-state index in [4.69, 9.17) is 0 Å². The number of hydrogen-bond acceptors (Lipinski definition) is 2. The zero-order chi connectivity index (χ0) is 13.0. The van der Waals surface area contributed by atoms with E-state index in [0.29, 0.717) is 35.2 Å². The van der Waals surface area contributed by atoms with Crippen LogP contribution in [0, 0.1) is 17.8 Å². The summed E-state index contributed by atoms with van der Waals surface area (Å²) in [5.74, 6) is 2.80. The molecule has 0 heterocycles. The lowest BCUT2D eigenvalue weighted by Gasteiger charge is -2.40. The highest BCUT2D eigenvalue weighted by molar-refractivity contribution is 5.83. The topological polar surface area (TPSA) is 37.3 Å². The summed E-state index contributed by atoms with van der Waals surface area (Å²) in [6.45, 7) is 0. The molecule has 98 valence electrons. The van der Waals surface area contributed by atoms with Gasteiger partial charge in [-0.25, -0.2) is 0 Å². The number of ketones is 1. The maximum absolute atomic E-state index is 11.9. The average Bonchev–Trinajstić information content (AvgIpc) is 2.80. The van der Waals surface area contributed by atoms with E-state index in [-0.39, 0.29) is 0 Å². The van der Waals surface area contributed by atoms with Gasteiger partial charge in [0.05, 0.1) is 0 Å². The quantitative estimate of drug-likeness (QED) is 0.769. The molecule has 0 bridgehead atoms. The minimum Gasteiger partial charge on any atom is -0.508 e. The Balaban J connectivity index is 1.74. The van der Waals surface area contributed by atoms with Gasteiger partial charge in [0, 0.05) is 12.3 Å². The average molecular weight is 254 g/mol. The van der Waals surface area contributed by atoms with E-state index in [2.05, 4.69) is 18.2 Å². The molecule has 0 saturated heterocycles. The molecule has 0 aliphatic heterocycles. The van der Waals surface area contributed by atoms with Crippen LogP contribution in [0.1, 0.15) is 42.7 Å². The minimum absolute atomic E-state index is 0.324. The maximum Gasteiger partial charge on any atom is 0.136 e. The molecular weight excluding hydrogens is 236 g/mol. The van der Waals surface area contributed by atoms with E-state index in [9.17, 15) is 9.90 Å². The summed E-state index contributed by atoms with van der Waals surface area (Å²) in [5, 5.41) is 9.59. The highest BCUT2D eigenvalue weighted by Crippen LogP contribution is 2.52. The first-order chi connectivity index (χ1) is 9.24. The SMILES string of the molecule is O=C1CCC2C1CCC1c3ccc(O)cc3C=CC12. The van der Waals surface area contributed by atoms with E-state index < -0.39 is 0 Å².